The van der Waals surface area contributed by atoms with Crippen molar-refractivity contribution in [2.75, 3.05) is 6.61 Å². The summed E-state index contributed by atoms with van der Waals surface area (Å²) < 4.78 is 24.5. The van der Waals surface area contributed by atoms with Crippen molar-refractivity contribution in [1.82, 2.24) is 0 Å². The van der Waals surface area contributed by atoms with Gasteiger partial charge in [-0.15, -0.1) is 0 Å². The van der Waals surface area contributed by atoms with Gasteiger partial charge in [0, 0.05) is 24.1 Å². The van der Waals surface area contributed by atoms with E-state index in [-0.39, 0.29) is 35.7 Å². The molecule has 1 aliphatic carbocycles. The van der Waals surface area contributed by atoms with Gasteiger partial charge in [0.25, 0.3) is 0 Å². The Bertz CT molecular complexity index is 1190. The van der Waals surface area contributed by atoms with Crippen molar-refractivity contribution in [3.05, 3.63) is 83.1 Å². The van der Waals surface area contributed by atoms with Crippen LogP contribution in [0.15, 0.2) is 77.0 Å². The zero-order valence-electron chi connectivity index (χ0n) is 21.9. The molecule has 2 saturated heterocycles. The number of fused-ring (bicyclic) bond motifs is 1. The summed E-state index contributed by atoms with van der Waals surface area (Å²) in [5.74, 6) is -0.151. The number of ether oxygens (including phenoxy) is 4. The van der Waals surface area contributed by atoms with Crippen LogP contribution in [-0.2, 0) is 30.3 Å². The second kappa shape index (κ2) is 11.1. The van der Waals surface area contributed by atoms with Crippen molar-refractivity contribution in [3.8, 4) is 0 Å². The predicted molar refractivity (Wildman–Crippen MR) is 140 cm³/mol. The molecule has 2 fully saturated rings. The van der Waals surface area contributed by atoms with Gasteiger partial charge >= 0.3 is 0 Å². The van der Waals surface area contributed by atoms with Crippen molar-refractivity contribution in [3.63, 3.8) is 0 Å². The van der Waals surface area contributed by atoms with Gasteiger partial charge in [-0.3, -0.25) is 9.79 Å². The number of benzene rings is 2. The van der Waals surface area contributed by atoms with E-state index in [1.165, 1.54) is 0 Å². The fourth-order valence-corrected chi connectivity index (χ4v) is 5.37. The normalized spacial score (nSPS) is 31.7. The lowest BCUT2D eigenvalue weighted by Crippen LogP contribution is -2.61. The molecule has 202 valence electrons. The van der Waals surface area contributed by atoms with E-state index in [2.05, 4.69) is 0 Å². The Balaban J connectivity index is 1.42. The fraction of sp³-hybridized carbons (Fsp3) is 0.467. The van der Waals surface area contributed by atoms with Crippen molar-refractivity contribution >= 4 is 11.5 Å². The zero-order valence-corrected chi connectivity index (χ0v) is 21.9. The molecular weight excluding hydrogens is 486 g/mol. The van der Waals surface area contributed by atoms with Crippen molar-refractivity contribution in [2.24, 2.45) is 10.4 Å². The lowest BCUT2D eigenvalue weighted by Gasteiger charge is -2.46. The standard InChI is InChI=1S/C30H35NO7/c1-18(24-21(32)14-30(2,3)15-22(24)33)31-25-26(34)27-23(17-36-28(38-27)20-12-8-5-9-13-20)37-29(25)35-16-19-10-6-4-7-11-19/h4-13,23,25-29,32,34H,14-17H2,1-3H3/t23-,25-,26-,27-,28?,29+/m1/s1. The Kier molecular flexibility index (Phi) is 7.79. The van der Waals surface area contributed by atoms with E-state index >= 15 is 0 Å². The molecule has 0 aromatic heterocycles. The third-order valence-corrected chi connectivity index (χ3v) is 7.22. The summed E-state index contributed by atoms with van der Waals surface area (Å²) in [5.41, 5.74) is 2.00. The molecule has 5 rings (SSSR count). The summed E-state index contributed by atoms with van der Waals surface area (Å²) in [6.07, 6.45) is -3.28. The number of aliphatic imine (C=N–C) groups is 1. The maximum atomic E-state index is 12.9. The van der Waals surface area contributed by atoms with Gasteiger partial charge in [-0.05, 0) is 17.9 Å². The lowest BCUT2D eigenvalue weighted by atomic mass is 9.75. The number of rotatable bonds is 6. The highest BCUT2D eigenvalue weighted by atomic mass is 16.7. The van der Waals surface area contributed by atoms with Gasteiger partial charge in [0.2, 0.25) is 0 Å². The molecule has 0 amide bonds. The third kappa shape index (κ3) is 5.75. The maximum Gasteiger partial charge on any atom is 0.184 e. The van der Waals surface area contributed by atoms with Crippen molar-refractivity contribution in [2.45, 2.75) is 77.2 Å². The monoisotopic (exact) mass is 521 g/mol. The van der Waals surface area contributed by atoms with Crippen LogP contribution in [0, 0.1) is 5.41 Å². The van der Waals surface area contributed by atoms with Crippen LogP contribution in [0.2, 0.25) is 0 Å². The van der Waals surface area contributed by atoms with Crippen LogP contribution in [0.3, 0.4) is 0 Å². The predicted octanol–water partition coefficient (Wildman–Crippen LogP) is 4.43. The number of ketones is 1. The van der Waals surface area contributed by atoms with E-state index in [1.807, 2.05) is 74.5 Å². The van der Waals surface area contributed by atoms with E-state index in [0.717, 1.165) is 11.1 Å². The topological polar surface area (TPSA) is 107 Å². The number of Topliss-reactive ketones (excluding diaryl/α,β-unsaturated/α-hetero) is 1. The number of nitrogens with zero attached hydrogens (tertiary/aromatic N) is 1. The number of aliphatic hydroxyl groups excluding tert-OH is 2. The fourth-order valence-electron chi connectivity index (χ4n) is 5.37. The van der Waals surface area contributed by atoms with Gasteiger partial charge in [-0.1, -0.05) is 74.5 Å². The Hall–Kier alpha value is -2.88. The van der Waals surface area contributed by atoms with Crippen LogP contribution in [-0.4, -0.2) is 59.0 Å². The Morgan fingerprint density at radius 1 is 1.05 bits per heavy atom. The van der Waals surface area contributed by atoms with Crippen LogP contribution in [0.5, 0.6) is 0 Å². The first kappa shape index (κ1) is 26.7. The minimum Gasteiger partial charge on any atom is -0.511 e. The van der Waals surface area contributed by atoms with Gasteiger partial charge < -0.3 is 29.2 Å². The second-order valence-corrected chi connectivity index (χ2v) is 11.0. The molecule has 2 aromatic carbocycles. The number of carbonyl (C=O) groups excluding carboxylic acids is 1. The summed E-state index contributed by atoms with van der Waals surface area (Å²) in [7, 11) is 0. The highest BCUT2D eigenvalue weighted by Crippen LogP contribution is 2.38. The highest BCUT2D eigenvalue weighted by molar-refractivity contribution is 6.22. The molecule has 0 spiro atoms. The summed E-state index contributed by atoms with van der Waals surface area (Å²) in [5, 5.41) is 22.3. The van der Waals surface area contributed by atoms with Gasteiger partial charge in [0.1, 0.15) is 30.1 Å². The summed E-state index contributed by atoms with van der Waals surface area (Å²) >= 11 is 0. The van der Waals surface area contributed by atoms with Crippen LogP contribution < -0.4 is 0 Å². The minimum atomic E-state index is -1.10. The molecule has 2 aliphatic heterocycles. The Labute approximate surface area is 222 Å². The van der Waals surface area contributed by atoms with E-state index < -0.39 is 36.9 Å². The van der Waals surface area contributed by atoms with Crippen LogP contribution in [0.1, 0.15) is 51.0 Å². The number of carbonyl (C=O) groups is 1. The molecular formula is C30H35NO7. The second-order valence-electron chi connectivity index (χ2n) is 11.0. The van der Waals surface area contributed by atoms with Crippen LogP contribution >= 0.6 is 0 Å². The minimum absolute atomic E-state index is 0.0183. The molecule has 0 radical (unpaired) electrons. The SMILES string of the molecule is CC(=N[C@H]1[C@@H](OCc2ccccc2)O[C@@H]2COC(c3ccccc3)O[C@H]2[C@@H]1O)C1=C(O)CC(C)(C)CC1=O. The third-order valence-electron chi connectivity index (χ3n) is 7.22. The number of allylic oxidation sites excluding steroid dienone is 2. The maximum absolute atomic E-state index is 12.9. The average Bonchev–Trinajstić information content (AvgIpc) is 2.89. The summed E-state index contributed by atoms with van der Waals surface area (Å²) in [4.78, 5) is 17.7. The first-order chi connectivity index (χ1) is 18.2. The quantitative estimate of drug-likeness (QED) is 0.542. The largest absolute Gasteiger partial charge is 0.511 e. The summed E-state index contributed by atoms with van der Waals surface area (Å²) in [6.45, 7) is 6.02. The van der Waals surface area contributed by atoms with Gasteiger partial charge in [-0.25, -0.2) is 0 Å². The smallest absolute Gasteiger partial charge is 0.184 e. The molecule has 38 heavy (non-hydrogen) atoms. The molecule has 3 aliphatic rings. The van der Waals surface area contributed by atoms with Gasteiger partial charge in [0.05, 0.1) is 18.8 Å². The van der Waals surface area contributed by atoms with Crippen LogP contribution in [0.25, 0.3) is 0 Å². The van der Waals surface area contributed by atoms with E-state index in [0.29, 0.717) is 18.6 Å². The van der Waals surface area contributed by atoms with E-state index in [1.54, 1.807) is 6.92 Å². The molecule has 6 atom stereocenters. The molecule has 0 bridgehead atoms. The Morgan fingerprint density at radius 2 is 1.74 bits per heavy atom. The number of hydrogen-bond acceptors (Lipinski definition) is 8. The van der Waals surface area contributed by atoms with Crippen molar-refractivity contribution < 1.29 is 34.0 Å². The van der Waals surface area contributed by atoms with Crippen LogP contribution in [0.4, 0.5) is 0 Å². The first-order valence-electron chi connectivity index (χ1n) is 13.0. The van der Waals surface area contributed by atoms with E-state index in [4.69, 9.17) is 23.9 Å². The molecule has 8 nitrogen and oxygen atoms in total. The molecule has 2 heterocycles. The number of aliphatic hydroxyl groups is 2. The van der Waals surface area contributed by atoms with Gasteiger partial charge in [-0.2, -0.15) is 0 Å². The lowest BCUT2D eigenvalue weighted by molar-refractivity contribution is -0.343. The Morgan fingerprint density at radius 3 is 2.42 bits per heavy atom. The molecule has 0 saturated carbocycles. The number of hydrogen-bond donors (Lipinski definition) is 2. The first-order valence-corrected chi connectivity index (χ1v) is 13.0. The molecule has 8 heteroatoms. The molecule has 2 aromatic rings. The zero-order chi connectivity index (χ0) is 26.9. The average molecular weight is 522 g/mol. The van der Waals surface area contributed by atoms with Gasteiger partial charge in [0.15, 0.2) is 18.4 Å². The molecule has 1 unspecified atom stereocenters. The highest BCUT2D eigenvalue weighted by Gasteiger charge is 2.50. The van der Waals surface area contributed by atoms with Crippen molar-refractivity contribution in [1.29, 1.82) is 0 Å². The molecule has 2 N–H and O–H groups in total. The van der Waals surface area contributed by atoms with E-state index in [9.17, 15) is 15.0 Å². The summed E-state index contributed by atoms with van der Waals surface area (Å²) in [6, 6.07) is 18.3.